The van der Waals surface area contributed by atoms with E-state index in [9.17, 15) is 14.4 Å². The summed E-state index contributed by atoms with van der Waals surface area (Å²) in [6, 6.07) is 8.52. The molecule has 5 heteroatoms. The lowest BCUT2D eigenvalue weighted by Gasteiger charge is -2.33. The fourth-order valence-corrected chi connectivity index (χ4v) is 3.46. The Hall–Kier alpha value is -2.95. The molecule has 2 heterocycles. The van der Waals surface area contributed by atoms with Gasteiger partial charge in [0, 0.05) is 17.6 Å². The van der Waals surface area contributed by atoms with E-state index in [4.69, 9.17) is 9.47 Å². The average Bonchev–Trinajstić information content (AvgIpc) is 2.86. The highest BCUT2D eigenvalue weighted by atomic mass is 16.6. The van der Waals surface area contributed by atoms with E-state index in [1.54, 1.807) is 36.4 Å². The zero-order valence-electron chi connectivity index (χ0n) is 13.9. The molecule has 4 rings (SSSR count). The van der Waals surface area contributed by atoms with Crippen LogP contribution in [0.5, 0.6) is 0 Å². The number of ether oxygens (including phenoxy) is 2. The monoisotopic (exact) mass is 336 g/mol. The summed E-state index contributed by atoms with van der Waals surface area (Å²) in [5.41, 5.74) is 0.374. The van der Waals surface area contributed by atoms with Crippen molar-refractivity contribution in [2.75, 3.05) is 0 Å². The molecule has 0 N–H and O–H groups in total. The van der Waals surface area contributed by atoms with Gasteiger partial charge in [-0.15, -0.1) is 0 Å². The second-order valence-corrected chi connectivity index (χ2v) is 6.59. The standard InChI is InChI=1S/C20H16O5/c1-11-8-13-9-15-16(17(21)12-6-4-3-5-7-12)19(23)25-20(15,2)18(22)14(13)10-24-11/h3-7,9-11H,8H2,1-2H3. The summed E-state index contributed by atoms with van der Waals surface area (Å²) in [4.78, 5) is 38.2. The molecular weight excluding hydrogens is 320 g/mol. The number of Topliss-reactive ketones (excluding diaryl/α,β-unsaturated/α-hetero) is 2. The molecule has 5 nitrogen and oxygen atoms in total. The van der Waals surface area contributed by atoms with Gasteiger partial charge in [-0.05, 0) is 25.5 Å². The van der Waals surface area contributed by atoms with Gasteiger partial charge < -0.3 is 9.47 Å². The number of benzene rings is 1. The third-order valence-electron chi connectivity index (χ3n) is 4.82. The first-order valence-electron chi connectivity index (χ1n) is 8.11. The number of rotatable bonds is 2. The Kier molecular flexibility index (Phi) is 3.29. The molecule has 0 saturated carbocycles. The van der Waals surface area contributed by atoms with Crippen LogP contribution < -0.4 is 0 Å². The van der Waals surface area contributed by atoms with Crippen LogP contribution in [0.25, 0.3) is 0 Å². The van der Waals surface area contributed by atoms with Crippen molar-refractivity contribution in [1.29, 1.82) is 0 Å². The first kappa shape index (κ1) is 15.6. The lowest BCUT2D eigenvalue weighted by atomic mass is 9.75. The molecular formula is C20H16O5. The summed E-state index contributed by atoms with van der Waals surface area (Å²) < 4.78 is 10.8. The van der Waals surface area contributed by atoms with Gasteiger partial charge in [-0.3, -0.25) is 9.59 Å². The number of fused-ring (bicyclic) bond motifs is 2. The molecule has 2 atom stereocenters. The summed E-state index contributed by atoms with van der Waals surface area (Å²) in [7, 11) is 0. The van der Waals surface area contributed by atoms with Gasteiger partial charge >= 0.3 is 5.97 Å². The molecule has 0 spiro atoms. The molecule has 3 aliphatic rings. The maximum atomic E-state index is 12.9. The van der Waals surface area contributed by atoms with Crippen molar-refractivity contribution in [2.45, 2.75) is 32.0 Å². The molecule has 2 unspecified atom stereocenters. The summed E-state index contributed by atoms with van der Waals surface area (Å²) in [5.74, 6) is -1.54. The van der Waals surface area contributed by atoms with Gasteiger partial charge in [0.05, 0.1) is 17.9 Å². The average molecular weight is 336 g/mol. The summed E-state index contributed by atoms with van der Waals surface area (Å²) >= 11 is 0. The number of carbonyl (C=O) groups excluding carboxylic acids is 3. The molecule has 0 amide bonds. The van der Waals surface area contributed by atoms with Crippen LogP contribution in [-0.2, 0) is 19.1 Å². The second-order valence-electron chi connectivity index (χ2n) is 6.59. The summed E-state index contributed by atoms with van der Waals surface area (Å²) in [6.45, 7) is 3.42. The molecule has 0 radical (unpaired) electrons. The third-order valence-corrected chi connectivity index (χ3v) is 4.82. The van der Waals surface area contributed by atoms with Crippen LogP contribution in [0.1, 0.15) is 30.6 Å². The lowest BCUT2D eigenvalue weighted by Crippen LogP contribution is -2.42. The highest BCUT2D eigenvalue weighted by molar-refractivity contribution is 6.29. The fourth-order valence-electron chi connectivity index (χ4n) is 3.46. The Labute approximate surface area is 144 Å². The molecule has 2 aliphatic heterocycles. The van der Waals surface area contributed by atoms with Gasteiger partial charge in [0.1, 0.15) is 5.57 Å². The minimum atomic E-state index is -1.48. The zero-order valence-corrected chi connectivity index (χ0v) is 13.9. The van der Waals surface area contributed by atoms with Gasteiger partial charge in [-0.2, -0.15) is 0 Å². The summed E-state index contributed by atoms with van der Waals surface area (Å²) in [6.07, 6.45) is 3.64. The van der Waals surface area contributed by atoms with Crippen LogP contribution in [-0.4, -0.2) is 29.2 Å². The third kappa shape index (κ3) is 2.19. The van der Waals surface area contributed by atoms with E-state index in [-0.39, 0.29) is 17.5 Å². The van der Waals surface area contributed by atoms with Crippen molar-refractivity contribution in [3.63, 3.8) is 0 Å². The molecule has 1 aliphatic carbocycles. The summed E-state index contributed by atoms with van der Waals surface area (Å²) in [5, 5.41) is 0. The largest absolute Gasteiger partial charge is 0.497 e. The van der Waals surface area contributed by atoms with Crippen LogP contribution >= 0.6 is 0 Å². The topological polar surface area (TPSA) is 69.7 Å². The first-order chi connectivity index (χ1) is 11.9. The first-order valence-corrected chi connectivity index (χ1v) is 8.11. The predicted octanol–water partition coefficient (Wildman–Crippen LogP) is 2.68. The molecule has 126 valence electrons. The Morgan fingerprint density at radius 3 is 2.64 bits per heavy atom. The van der Waals surface area contributed by atoms with Crippen molar-refractivity contribution >= 4 is 17.5 Å². The van der Waals surface area contributed by atoms with E-state index < -0.39 is 17.4 Å². The SMILES string of the molecule is CC1CC2=CC3=C(C(=O)c4ccccc4)C(=O)OC3(C)C(=O)C2=CO1. The Morgan fingerprint density at radius 1 is 1.20 bits per heavy atom. The predicted molar refractivity (Wildman–Crippen MR) is 88.6 cm³/mol. The van der Waals surface area contributed by atoms with Crippen molar-refractivity contribution in [3.8, 4) is 0 Å². The maximum absolute atomic E-state index is 12.9. The van der Waals surface area contributed by atoms with E-state index in [1.165, 1.54) is 13.2 Å². The van der Waals surface area contributed by atoms with Crippen molar-refractivity contribution in [2.24, 2.45) is 0 Å². The van der Waals surface area contributed by atoms with E-state index in [2.05, 4.69) is 0 Å². The fraction of sp³-hybridized carbons (Fsp3) is 0.250. The number of ketones is 2. The van der Waals surface area contributed by atoms with Gasteiger partial charge in [-0.25, -0.2) is 4.79 Å². The van der Waals surface area contributed by atoms with E-state index >= 15 is 0 Å². The highest BCUT2D eigenvalue weighted by Crippen LogP contribution is 2.44. The molecule has 0 aromatic heterocycles. The Balaban J connectivity index is 1.90. The van der Waals surface area contributed by atoms with Crippen LogP contribution in [0, 0.1) is 0 Å². The molecule has 0 saturated heterocycles. The molecule has 0 bridgehead atoms. The normalized spacial score (nSPS) is 27.7. The Bertz CT molecular complexity index is 903. The zero-order chi connectivity index (χ0) is 17.8. The molecule has 1 aromatic rings. The number of esters is 1. The number of hydrogen-bond donors (Lipinski definition) is 0. The van der Waals surface area contributed by atoms with Crippen molar-refractivity contribution in [1.82, 2.24) is 0 Å². The van der Waals surface area contributed by atoms with E-state index in [1.807, 2.05) is 6.92 Å². The minimum absolute atomic E-state index is 0.0623. The van der Waals surface area contributed by atoms with Crippen molar-refractivity contribution in [3.05, 3.63) is 70.5 Å². The van der Waals surface area contributed by atoms with Gasteiger partial charge in [0.2, 0.25) is 11.6 Å². The lowest BCUT2D eigenvalue weighted by molar-refractivity contribution is -0.152. The van der Waals surface area contributed by atoms with Crippen LogP contribution in [0.15, 0.2) is 65.0 Å². The maximum Gasteiger partial charge on any atom is 0.343 e. The molecule has 0 fully saturated rings. The van der Waals surface area contributed by atoms with E-state index in [0.717, 1.165) is 5.57 Å². The minimum Gasteiger partial charge on any atom is -0.497 e. The Morgan fingerprint density at radius 2 is 1.92 bits per heavy atom. The van der Waals surface area contributed by atoms with Gasteiger partial charge in [0.15, 0.2) is 5.60 Å². The van der Waals surface area contributed by atoms with Crippen LogP contribution in [0.2, 0.25) is 0 Å². The van der Waals surface area contributed by atoms with Crippen molar-refractivity contribution < 1.29 is 23.9 Å². The molecule has 25 heavy (non-hydrogen) atoms. The van der Waals surface area contributed by atoms with Crippen LogP contribution in [0.4, 0.5) is 0 Å². The smallest absolute Gasteiger partial charge is 0.343 e. The van der Waals surface area contributed by atoms with Gasteiger partial charge in [-0.1, -0.05) is 30.3 Å². The van der Waals surface area contributed by atoms with Crippen LogP contribution in [0.3, 0.4) is 0 Å². The van der Waals surface area contributed by atoms with Gasteiger partial charge in [0.25, 0.3) is 0 Å². The number of carbonyl (C=O) groups is 3. The molecule has 1 aromatic carbocycles. The quantitative estimate of drug-likeness (QED) is 0.472. The highest BCUT2D eigenvalue weighted by Gasteiger charge is 2.54. The second kappa shape index (κ2) is 5.28. The van der Waals surface area contributed by atoms with E-state index in [0.29, 0.717) is 23.1 Å². The number of hydrogen-bond acceptors (Lipinski definition) is 5.